The van der Waals surface area contributed by atoms with Crippen LogP contribution in [0.1, 0.15) is 69.4 Å². The SMILES string of the molecule is C/C=C(\C=C(\C)N(C)C)C1CCC(C2[CH]C=C(C3CCCc4ccccc43)C=C2)CC1. The third-order valence-corrected chi connectivity index (χ3v) is 8.00. The van der Waals surface area contributed by atoms with Crippen molar-refractivity contribution in [3.8, 4) is 0 Å². The lowest BCUT2D eigenvalue weighted by Gasteiger charge is -2.35. The van der Waals surface area contributed by atoms with Crippen molar-refractivity contribution in [1.82, 2.24) is 4.90 Å². The van der Waals surface area contributed by atoms with E-state index < -0.39 is 0 Å². The van der Waals surface area contributed by atoms with E-state index in [9.17, 15) is 0 Å². The van der Waals surface area contributed by atoms with Crippen molar-refractivity contribution >= 4 is 0 Å². The molecular formula is C30H40N. The van der Waals surface area contributed by atoms with Crippen molar-refractivity contribution in [2.75, 3.05) is 14.1 Å². The molecule has 2 atom stereocenters. The molecule has 0 bridgehead atoms. The Hall–Kier alpha value is -2.02. The van der Waals surface area contributed by atoms with E-state index in [-0.39, 0.29) is 0 Å². The van der Waals surface area contributed by atoms with Crippen LogP contribution < -0.4 is 0 Å². The first-order chi connectivity index (χ1) is 15.1. The summed E-state index contributed by atoms with van der Waals surface area (Å²) in [6.45, 7) is 4.42. The molecule has 4 rings (SSSR count). The van der Waals surface area contributed by atoms with Crippen molar-refractivity contribution in [3.05, 3.63) is 89.0 Å². The van der Waals surface area contributed by atoms with Crippen LogP contribution in [0, 0.1) is 24.2 Å². The molecule has 31 heavy (non-hydrogen) atoms. The van der Waals surface area contributed by atoms with Gasteiger partial charge in [-0.1, -0.05) is 48.6 Å². The third-order valence-electron chi connectivity index (χ3n) is 8.00. The van der Waals surface area contributed by atoms with Gasteiger partial charge in [0.15, 0.2) is 0 Å². The first-order valence-corrected chi connectivity index (χ1v) is 12.4. The van der Waals surface area contributed by atoms with E-state index in [1.54, 1.807) is 11.1 Å². The van der Waals surface area contributed by atoms with Gasteiger partial charge in [-0.3, -0.25) is 0 Å². The highest BCUT2D eigenvalue weighted by molar-refractivity contribution is 5.44. The summed E-state index contributed by atoms with van der Waals surface area (Å²) in [5.74, 6) is 2.75. The zero-order valence-electron chi connectivity index (χ0n) is 20.0. The van der Waals surface area contributed by atoms with Gasteiger partial charge in [-0.15, -0.1) is 0 Å². The maximum absolute atomic E-state index is 2.52. The second-order valence-corrected chi connectivity index (χ2v) is 10.0. The molecular weight excluding hydrogens is 374 g/mol. The van der Waals surface area contributed by atoms with Crippen LogP contribution in [-0.2, 0) is 6.42 Å². The van der Waals surface area contributed by atoms with E-state index in [4.69, 9.17) is 0 Å². The van der Waals surface area contributed by atoms with Gasteiger partial charge >= 0.3 is 0 Å². The van der Waals surface area contributed by atoms with Crippen molar-refractivity contribution in [1.29, 1.82) is 0 Å². The van der Waals surface area contributed by atoms with E-state index in [1.807, 2.05) is 0 Å². The van der Waals surface area contributed by atoms with Gasteiger partial charge in [0, 0.05) is 25.7 Å². The quantitative estimate of drug-likeness (QED) is 0.447. The molecule has 1 radical (unpaired) electrons. The van der Waals surface area contributed by atoms with Gasteiger partial charge in [0.05, 0.1) is 0 Å². The van der Waals surface area contributed by atoms with Gasteiger partial charge in [-0.2, -0.15) is 0 Å². The molecule has 1 aromatic rings. The molecule has 0 amide bonds. The predicted molar refractivity (Wildman–Crippen MR) is 134 cm³/mol. The highest BCUT2D eigenvalue weighted by Crippen LogP contribution is 2.43. The largest absolute Gasteiger partial charge is 0.381 e. The standard InChI is InChI=1S/C30H40N/c1-5-23(21-22(2)31(3)4)24-13-15-25(16-14-24)26-17-19-28(20-18-26)30-12-8-10-27-9-6-7-11-29(27)30/h5-7,9,11,17-21,24-26,30H,8,10,12-16H2,1-4H3/b22-21-,23-5+. The number of rotatable bonds is 5. The summed E-state index contributed by atoms with van der Waals surface area (Å²) in [6.07, 6.45) is 23.9. The molecule has 0 aromatic heterocycles. The summed E-state index contributed by atoms with van der Waals surface area (Å²) < 4.78 is 0. The van der Waals surface area contributed by atoms with Gasteiger partial charge in [0.1, 0.15) is 0 Å². The number of benzene rings is 1. The van der Waals surface area contributed by atoms with Crippen LogP contribution in [0.2, 0.25) is 0 Å². The fraction of sp³-hybridized carbons (Fsp3) is 0.500. The monoisotopic (exact) mass is 414 g/mol. The molecule has 1 aromatic carbocycles. The molecule has 3 aliphatic rings. The zero-order valence-corrected chi connectivity index (χ0v) is 20.0. The molecule has 0 heterocycles. The molecule has 165 valence electrons. The van der Waals surface area contributed by atoms with E-state index >= 15 is 0 Å². The maximum Gasteiger partial charge on any atom is 0.00986 e. The number of hydrogen-bond donors (Lipinski definition) is 0. The summed E-state index contributed by atoms with van der Waals surface area (Å²) in [4.78, 5) is 2.21. The molecule has 1 heteroatoms. The lowest BCUT2D eigenvalue weighted by molar-refractivity contribution is 0.267. The van der Waals surface area contributed by atoms with E-state index in [0.29, 0.717) is 11.8 Å². The number of allylic oxidation sites excluding steroid dienone is 8. The summed E-state index contributed by atoms with van der Waals surface area (Å²) in [5.41, 5.74) is 7.54. The number of fused-ring (bicyclic) bond motifs is 1. The van der Waals surface area contributed by atoms with Crippen LogP contribution in [0.4, 0.5) is 0 Å². The Balaban J connectivity index is 1.34. The third kappa shape index (κ3) is 5.08. The van der Waals surface area contributed by atoms with Gasteiger partial charge < -0.3 is 4.90 Å². The smallest absolute Gasteiger partial charge is 0.00986 e. The topological polar surface area (TPSA) is 3.24 Å². The Labute approximate surface area is 190 Å². The Morgan fingerprint density at radius 3 is 2.48 bits per heavy atom. The first-order valence-electron chi connectivity index (χ1n) is 12.4. The van der Waals surface area contributed by atoms with Gasteiger partial charge in [0.2, 0.25) is 0 Å². The molecule has 1 nitrogen and oxygen atoms in total. The van der Waals surface area contributed by atoms with Crippen molar-refractivity contribution in [2.24, 2.45) is 17.8 Å². The minimum Gasteiger partial charge on any atom is -0.381 e. The Kier molecular flexibility index (Phi) is 7.20. The second kappa shape index (κ2) is 10.1. The Morgan fingerprint density at radius 1 is 1.03 bits per heavy atom. The molecule has 1 saturated carbocycles. The number of hydrogen-bond acceptors (Lipinski definition) is 1. The summed E-state index contributed by atoms with van der Waals surface area (Å²) in [7, 11) is 4.27. The van der Waals surface area contributed by atoms with Gasteiger partial charge in [-0.25, -0.2) is 0 Å². The fourth-order valence-corrected chi connectivity index (χ4v) is 5.86. The van der Waals surface area contributed by atoms with Crippen LogP contribution in [-0.4, -0.2) is 19.0 Å². The molecule has 3 aliphatic carbocycles. The maximum atomic E-state index is 2.52. The second-order valence-electron chi connectivity index (χ2n) is 10.0. The number of aryl methyl sites for hydroxylation is 1. The van der Waals surface area contributed by atoms with Crippen LogP contribution in [0.5, 0.6) is 0 Å². The molecule has 0 saturated heterocycles. The predicted octanol–water partition coefficient (Wildman–Crippen LogP) is 7.64. The van der Waals surface area contributed by atoms with Gasteiger partial charge in [-0.05, 0) is 111 Å². The molecule has 1 fully saturated rings. The minimum absolute atomic E-state index is 0.595. The summed E-state index contributed by atoms with van der Waals surface area (Å²) >= 11 is 0. The minimum atomic E-state index is 0.595. The van der Waals surface area contributed by atoms with Crippen LogP contribution >= 0.6 is 0 Å². The Bertz CT molecular complexity index is 873. The summed E-state index contributed by atoms with van der Waals surface area (Å²) in [5, 5.41) is 0. The normalized spacial score (nSPS) is 29.4. The van der Waals surface area contributed by atoms with Crippen molar-refractivity contribution in [2.45, 2.75) is 64.7 Å². The van der Waals surface area contributed by atoms with Crippen LogP contribution in [0.15, 0.2) is 71.5 Å². The van der Waals surface area contributed by atoms with E-state index in [1.165, 1.54) is 61.8 Å². The summed E-state index contributed by atoms with van der Waals surface area (Å²) in [6, 6.07) is 9.09. The van der Waals surface area contributed by atoms with E-state index in [2.05, 4.69) is 93.9 Å². The van der Waals surface area contributed by atoms with Crippen molar-refractivity contribution in [3.63, 3.8) is 0 Å². The molecule has 0 spiro atoms. The zero-order chi connectivity index (χ0) is 21.8. The fourth-order valence-electron chi connectivity index (χ4n) is 5.86. The molecule has 2 unspecified atom stereocenters. The average molecular weight is 415 g/mol. The highest BCUT2D eigenvalue weighted by Gasteiger charge is 2.29. The lowest BCUT2D eigenvalue weighted by Crippen LogP contribution is -2.23. The molecule has 0 N–H and O–H groups in total. The van der Waals surface area contributed by atoms with E-state index in [0.717, 1.165) is 11.8 Å². The first kappa shape index (κ1) is 22.2. The highest BCUT2D eigenvalue weighted by atomic mass is 15.1. The van der Waals surface area contributed by atoms with Gasteiger partial charge in [0.25, 0.3) is 0 Å². The van der Waals surface area contributed by atoms with Crippen LogP contribution in [0.3, 0.4) is 0 Å². The Morgan fingerprint density at radius 2 is 1.81 bits per heavy atom. The van der Waals surface area contributed by atoms with Crippen molar-refractivity contribution < 1.29 is 0 Å². The average Bonchev–Trinajstić information content (AvgIpc) is 2.82. The van der Waals surface area contributed by atoms with Crippen LogP contribution in [0.25, 0.3) is 0 Å². The number of nitrogens with zero attached hydrogens (tertiary/aromatic N) is 1. The molecule has 0 aliphatic heterocycles. The lowest BCUT2D eigenvalue weighted by atomic mass is 9.70.